The molecule has 0 unspecified atom stereocenters. The second kappa shape index (κ2) is 5.26. The first kappa shape index (κ1) is 13.3. The van der Waals surface area contributed by atoms with Crippen LogP contribution in [-0.2, 0) is 15.7 Å². The molecule has 1 heterocycles. The van der Waals surface area contributed by atoms with E-state index in [4.69, 9.17) is 9.47 Å². The van der Waals surface area contributed by atoms with Gasteiger partial charge in [-0.25, -0.2) is 0 Å². The number of aliphatic hydroxyl groups excluding tert-OH is 1. The maximum absolute atomic E-state index is 12.3. The Balaban J connectivity index is 2.00. The SMILES string of the molecule is O[C@@H](CC1OCCO1)c1ccc(C(F)(F)F)cc1. The molecule has 1 aromatic carbocycles. The molecule has 0 bridgehead atoms. The van der Waals surface area contributed by atoms with E-state index in [-0.39, 0.29) is 6.42 Å². The molecule has 0 spiro atoms. The van der Waals surface area contributed by atoms with Crippen LogP contribution in [0.3, 0.4) is 0 Å². The van der Waals surface area contributed by atoms with Crippen LogP contribution in [0.15, 0.2) is 24.3 Å². The van der Waals surface area contributed by atoms with Gasteiger partial charge in [-0.05, 0) is 17.7 Å². The van der Waals surface area contributed by atoms with Gasteiger partial charge in [0, 0.05) is 6.42 Å². The van der Waals surface area contributed by atoms with E-state index in [0.29, 0.717) is 18.8 Å². The topological polar surface area (TPSA) is 38.7 Å². The third-order valence-corrected chi connectivity index (χ3v) is 2.73. The Hall–Kier alpha value is -1.11. The minimum atomic E-state index is -4.36. The fraction of sp³-hybridized carbons (Fsp3) is 0.500. The van der Waals surface area contributed by atoms with E-state index in [9.17, 15) is 18.3 Å². The van der Waals surface area contributed by atoms with Crippen molar-refractivity contribution in [2.75, 3.05) is 13.2 Å². The van der Waals surface area contributed by atoms with Gasteiger partial charge < -0.3 is 14.6 Å². The van der Waals surface area contributed by atoms with Crippen molar-refractivity contribution in [3.05, 3.63) is 35.4 Å². The number of rotatable bonds is 3. The normalized spacial score (nSPS) is 19.1. The molecule has 0 radical (unpaired) electrons. The highest BCUT2D eigenvalue weighted by molar-refractivity contribution is 5.26. The zero-order chi connectivity index (χ0) is 13.2. The first-order valence-corrected chi connectivity index (χ1v) is 5.55. The summed E-state index contributed by atoms with van der Waals surface area (Å²) in [4.78, 5) is 0. The Bertz CT molecular complexity index is 383. The Kier molecular flexibility index (Phi) is 3.89. The molecule has 100 valence electrons. The van der Waals surface area contributed by atoms with Gasteiger partial charge in [0.05, 0.1) is 24.9 Å². The summed E-state index contributed by atoms with van der Waals surface area (Å²) in [6.45, 7) is 0.953. The molecule has 1 aliphatic rings. The van der Waals surface area contributed by atoms with Crippen LogP contribution in [0.5, 0.6) is 0 Å². The van der Waals surface area contributed by atoms with Crippen molar-refractivity contribution in [2.45, 2.75) is 25.0 Å². The minimum absolute atomic E-state index is 0.214. The molecule has 0 saturated carbocycles. The number of ether oxygens (including phenoxy) is 2. The molecule has 2 rings (SSSR count). The van der Waals surface area contributed by atoms with Crippen LogP contribution in [0.1, 0.15) is 23.7 Å². The first-order valence-electron chi connectivity index (χ1n) is 5.55. The molecule has 6 heteroatoms. The Labute approximate surface area is 102 Å². The van der Waals surface area contributed by atoms with Crippen LogP contribution in [0.4, 0.5) is 13.2 Å². The van der Waals surface area contributed by atoms with Gasteiger partial charge in [0.1, 0.15) is 0 Å². The van der Waals surface area contributed by atoms with Crippen LogP contribution in [0.2, 0.25) is 0 Å². The molecule has 1 aliphatic heterocycles. The molecule has 1 atom stereocenters. The minimum Gasteiger partial charge on any atom is -0.388 e. The van der Waals surface area contributed by atoms with Gasteiger partial charge in [-0.3, -0.25) is 0 Å². The lowest BCUT2D eigenvalue weighted by Gasteiger charge is -2.15. The molecule has 1 fully saturated rings. The smallest absolute Gasteiger partial charge is 0.388 e. The van der Waals surface area contributed by atoms with Crippen LogP contribution in [-0.4, -0.2) is 24.6 Å². The van der Waals surface area contributed by atoms with E-state index in [1.54, 1.807) is 0 Å². The Morgan fingerprint density at radius 2 is 1.72 bits per heavy atom. The lowest BCUT2D eigenvalue weighted by molar-refractivity contribution is -0.137. The van der Waals surface area contributed by atoms with Crippen molar-refractivity contribution in [2.24, 2.45) is 0 Å². The van der Waals surface area contributed by atoms with Crippen molar-refractivity contribution in [1.82, 2.24) is 0 Å². The second-order valence-corrected chi connectivity index (χ2v) is 4.04. The predicted molar refractivity (Wildman–Crippen MR) is 56.7 cm³/mol. The third kappa shape index (κ3) is 3.22. The van der Waals surface area contributed by atoms with Crippen molar-refractivity contribution >= 4 is 0 Å². The highest BCUT2D eigenvalue weighted by Gasteiger charge is 2.30. The van der Waals surface area contributed by atoms with Crippen LogP contribution in [0, 0.1) is 0 Å². The Morgan fingerprint density at radius 1 is 1.17 bits per heavy atom. The number of hydrogen-bond donors (Lipinski definition) is 1. The maximum Gasteiger partial charge on any atom is 0.416 e. The standard InChI is InChI=1S/C12H13F3O3/c13-12(14,15)9-3-1-8(2-4-9)10(16)7-11-17-5-6-18-11/h1-4,10-11,16H,5-7H2/t10-/m0/s1. The molecule has 1 N–H and O–H groups in total. The number of alkyl halides is 3. The monoisotopic (exact) mass is 262 g/mol. The average molecular weight is 262 g/mol. The van der Waals surface area contributed by atoms with Crippen molar-refractivity contribution in [3.8, 4) is 0 Å². The van der Waals surface area contributed by atoms with Gasteiger partial charge in [0.15, 0.2) is 6.29 Å². The summed E-state index contributed by atoms with van der Waals surface area (Å²) in [5, 5.41) is 9.83. The van der Waals surface area contributed by atoms with Crippen LogP contribution in [0.25, 0.3) is 0 Å². The van der Waals surface area contributed by atoms with Crippen molar-refractivity contribution in [1.29, 1.82) is 0 Å². The molecule has 0 aliphatic carbocycles. The highest BCUT2D eigenvalue weighted by Crippen LogP contribution is 2.30. The van der Waals surface area contributed by atoms with E-state index in [1.165, 1.54) is 12.1 Å². The summed E-state index contributed by atoms with van der Waals surface area (Å²) in [5.41, 5.74) is -0.311. The fourth-order valence-corrected chi connectivity index (χ4v) is 1.76. The van der Waals surface area contributed by atoms with Gasteiger partial charge in [0.25, 0.3) is 0 Å². The van der Waals surface area contributed by atoms with E-state index in [0.717, 1.165) is 12.1 Å². The van der Waals surface area contributed by atoms with E-state index < -0.39 is 24.1 Å². The average Bonchev–Trinajstić information content (AvgIpc) is 2.81. The summed E-state index contributed by atoms with van der Waals surface area (Å²) in [6, 6.07) is 4.44. The molecular weight excluding hydrogens is 249 g/mol. The molecular formula is C12H13F3O3. The number of halogens is 3. The van der Waals surface area contributed by atoms with E-state index in [1.807, 2.05) is 0 Å². The van der Waals surface area contributed by atoms with Crippen LogP contribution < -0.4 is 0 Å². The van der Waals surface area contributed by atoms with Gasteiger partial charge >= 0.3 is 6.18 Å². The molecule has 1 saturated heterocycles. The number of benzene rings is 1. The molecule has 1 aromatic rings. The van der Waals surface area contributed by atoms with Gasteiger partial charge in [-0.15, -0.1) is 0 Å². The number of aliphatic hydroxyl groups is 1. The quantitative estimate of drug-likeness (QED) is 0.909. The lowest BCUT2D eigenvalue weighted by atomic mass is 10.0. The summed E-state index contributed by atoms with van der Waals surface area (Å²) in [5.74, 6) is 0. The summed E-state index contributed by atoms with van der Waals surface area (Å²) in [6.07, 6.45) is -5.52. The molecule has 0 amide bonds. The van der Waals surface area contributed by atoms with Crippen LogP contribution >= 0.6 is 0 Å². The molecule has 3 nitrogen and oxygen atoms in total. The molecule has 0 aromatic heterocycles. The van der Waals surface area contributed by atoms with Crippen molar-refractivity contribution < 1.29 is 27.8 Å². The van der Waals surface area contributed by atoms with E-state index in [2.05, 4.69) is 0 Å². The van der Waals surface area contributed by atoms with Gasteiger partial charge in [0.2, 0.25) is 0 Å². The maximum atomic E-state index is 12.3. The zero-order valence-corrected chi connectivity index (χ0v) is 9.48. The molecule has 18 heavy (non-hydrogen) atoms. The summed E-state index contributed by atoms with van der Waals surface area (Å²) < 4.78 is 47.4. The number of hydrogen-bond acceptors (Lipinski definition) is 3. The fourth-order valence-electron chi connectivity index (χ4n) is 1.76. The van der Waals surface area contributed by atoms with Crippen molar-refractivity contribution in [3.63, 3.8) is 0 Å². The van der Waals surface area contributed by atoms with E-state index >= 15 is 0 Å². The zero-order valence-electron chi connectivity index (χ0n) is 9.48. The van der Waals surface area contributed by atoms with Gasteiger partial charge in [-0.2, -0.15) is 13.2 Å². The summed E-state index contributed by atoms with van der Waals surface area (Å²) in [7, 11) is 0. The largest absolute Gasteiger partial charge is 0.416 e. The summed E-state index contributed by atoms with van der Waals surface area (Å²) >= 11 is 0. The predicted octanol–water partition coefficient (Wildman–Crippen LogP) is 2.50. The highest BCUT2D eigenvalue weighted by atomic mass is 19.4. The Morgan fingerprint density at radius 3 is 2.22 bits per heavy atom. The lowest BCUT2D eigenvalue weighted by Crippen LogP contribution is -2.13. The third-order valence-electron chi connectivity index (χ3n) is 2.73. The first-order chi connectivity index (χ1) is 8.47. The van der Waals surface area contributed by atoms with Gasteiger partial charge in [-0.1, -0.05) is 12.1 Å². The second-order valence-electron chi connectivity index (χ2n) is 4.04.